The van der Waals surface area contributed by atoms with E-state index in [1.165, 1.54) is 6.07 Å². The van der Waals surface area contributed by atoms with Crippen LogP contribution in [0.25, 0.3) is 11.3 Å². The van der Waals surface area contributed by atoms with E-state index < -0.39 is 11.2 Å². The first-order valence-corrected chi connectivity index (χ1v) is 5.92. The van der Waals surface area contributed by atoms with Gasteiger partial charge < -0.3 is 9.15 Å². The van der Waals surface area contributed by atoms with Crippen molar-refractivity contribution in [2.24, 2.45) is 0 Å². The summed E-state index contributed by atoms with van der Waals surface area (Å²) in [5, 5.41) is -0.584. The Morgan fingerprint density at radius 3 is 2.89 bits per heavy atom. The molecule has 0 aliphatic rings. The lowest BCUT2D eigenvalue weighted by Gasteiger charge is -2.02. The van der Waals surface area contributed by atoms with E-state index in [1.807, 2.05) is 0 Å². The molecule has 2 aromatic rings. The first kappa shape index (κ1) is 13.3. The van der Waals surface area contributed by atoms with Gasteiger partial charge in [-0.1, -0.05) is 18.2 Å². The van der Waals surface area contributed by atoms with E-state index in [4.69, 9.17) is 20.8 Å². The van der Waals surface area contributed by atoms with Gasteiger partial charge in [0.1, 0.15) is 0 Å². The van der Waals surface area contributed by atoms with Crippen molar-refractivity contribution in [1.82, 2.24) is 4.98 Å². The molecule has 98 valence electrons. The molecule has 0 saturated carbocycles. The summed E-state index contributed by atoms with van der Waals surface area (Å²) in [5.41, 5.74) is 0.915. The Hall–Kier alpha value is -2.14. The van der Waals surface area contributed by atoms with Gasteiger partial charge >= 0.3 is 5.97 Å². The van der Waals surface area contributed by atoms with Gasteiger partial charge in [-0.3, -0.25) is 4.79 Å². The minimum atomic E-state index is -0.584. The van der Waals surface area contributed by atoms with Gasteiger partial charge in [-0.2, -0.15) is 0 Å². The van der Waals surface area contributed by atoms with E-state index in [1.54, 1.807) is 25.1 Å². The zero-order valence-electron chi connectivity index (χ0n) is 10.1. The molecular formula is C13H10ClNO4. The molecule has 0 bridgehead atoms. The number of hydrogen-bond acceptors (Lipinski definition) is 5. The van der Waals surface area contributed by atoms with Crippen molar-refractivity contribution in [3.05, 3.63) is 41.9 Å². The monoisotopic (exact) mass is 279 g/mol. The van der Waals surface area contributed by atoms with Crippen molar-refractivity contribution in [3.8, 4) is 11.3 Å². The molecule has 0 radical (unpaired) electrons. The van der Waals surface area contributed by atoms with E-state index in [0.29, 0.717) is 11.1 Å². The minimum Gasteiger partial charge on any atom is -0.461 e. The highest BCUT2D eigenvalue weighted by atomic mass is 35.5. The van der Waals surface area contributed by atoms with Gasteiger partial charge in [0.2, 0.25) is 0 Å². The molecule has 5 nitrogen and oxygen atoms in total. The summed E-state index contributed by atoms with van der Waals surface area (Å²) in [4.78, 5) is 26.6. The van der Waals surface area contributed by atoms with Gasteiger partial charge in [-0.15, -0.1) is 0 Å². The van der Waals surface area contributed by atoms with Crippen LogP contribution in [0.3, 0.4) is 0 Å². The van der Waals surface area contributed by atoms with Crippen LogP contribution in [0.1, 0.15) is 27.8 Å². The van der Waals surface area contributed by atoms with E-state index in [2.05, 4.69) is 4.98 Å². The van der Waals surface area contributed by atoms with Crippen LogP contribution >= 0.6 is 11.6 Å². The summed E-state index contributed by atoms with van der Waals surface area (Å²) in [6, 6.07) is 6.42. The average molecular weight is 280 g/mol. The maximum absolute atomic E-state index is 11.7. The summed E-state index contributed by atoms with van der Waals surface area (Å²) in [6.45, 7) is 1.94. The van der Waals surface area contributed by atoms with Crippen molar-refractivity contribution in [3.63, 3.8) is 0 Å². The van der Waals surface area contributed by atoms with Crippen molar-refractivity contribution in [1.29, 1.82) is 0 Å². The predicted molar refractivity (Wildman–Crippen MR) is 68.1 cm³/mol. The molecule has 0 unspecified atom stereocenters. The molecule has 1 heterocycles. The number of carbonyl (C=O) groups is 2. The van der Waals surface area contributed by atoms with Gasteiger partial charge in [0.25, 0.3) is 5.24 Å². The maximum Gasteiger partial charge on any atom is 0.360 e. The highest BCUT2D eigenvalue weighted by molar-refractivity contribution is 6.67. The lowest BCUT2D eigenvalue weighted by Crippen LogP contribution is -2.06. The highest BCUT2D eigenvalue weighted by Gasteiger charge is 2.19. The standard InChI is InChI=1S/C13H10ClNO4/c1-2-18-13(17)10-11(19-7-15-10)8-4-3-5-9(6-8)12(14)16/h3-7H,2H2,1H3. The molecule has 0 atom stereocenters. The second-order valence-corrected chi connectivity index (χ2v) is 3.95. The molecule has 6 heteroatoms. The van der Waals surface area contributed by atoms with E-state index in [0.717, 1.165) is 6.39 Å². The van der Waals surface area contributed by atoms with Crippen molar-refractivity contribution in [2.45, 2.75) is 6.92 Å². The largest absolute Gasteiger partial charge is 0.461 e. The van der Waals surface area contributed by atoms with Crippen LogP contribution in [-0.4, -0.2) is 22.8 Å². The van der Waals surface area contributed by atoms with Gasteiger partial charge in [0, 0.05) is 11.1 Å². The summed E-state index contributed by atoms with van der Waals surface area (Å²) >= 11 is 5.41. The maximum atomic E-state index is 11.7. The smallest absolute Gasteiger partial charge is 0.360 e. The Morgan fingerprint density at radius 1 is 1.42 bits per heavy atom. The van der Waals surface area contributed by atoms with E-state index >= 15 is 0 Å². The SMILES string of the molecule is CCOC(=O)c1ncoc1-c1cccc(C(=O)Cl)c1. The topological polar surface area (TPSA) is 69.4 Å². The summed E-state index contributed by atoms with van der Waals surface area (Å²) in [5.74, 6) is -0.327. The number of benzene rings is 1. The molecule has 0 amide bonds. The van der Waals surface area contributed by atoms with Crippen molar-refractivity contribution < 1.29 is 18.7 Å². The Bertz CT molecular complexity index is 621. The van der Waals surface area contributed by atoms with Crippen LogP contribution in [0.4, 0.5) is 0 Å². The van der Waals surface area contributed by atoms with Crippen molar-refractivity contribution in [2.75, 3.05) is 6.61 Å². The molecule has 0 saturated heterocycles. The summed E-state index contributed by atoms with van der Waals surface area (Å²) in [7, 11) is 0. The Kier molecular flexibility index (Phi) is 3.97. The lowest BCUT2D eigenvalue weighted by atomic mass is 10.1. The number of oxazole rings is 1. The Balaban J connectivity index is 2.42. The van der Waals surface area contributed by atoms with Crippen LogP contribution in [-0.2, 0) is 4.74 Å². The number of hydrogen-bond donors (Lipinski definition) is 0. The van der Waals surface area contributed by atoms with E-state index in [-0.39, 0.29) is 18.1 Å². The molecule has 0 spiro atoms. The third-order valence-corrected chi connectivity index (χ3v) is 2.61. The molecule has 0 fully saturated rings. The highest BCUT2D eigenvalue weighted by Crippen LogP contribution is 2.25. The first-order valence-electron chi connectivity index (χ1n) is 5.54. The van der Waals surface area contributed by atoms with Crippen LogP contribution in [0.5, 0.6) is 0 Å². The van der Waals surface area contributed by atoms with Crippen molar-refractivity contribution >= 4 is 22.8 Å². The lowest BCUT2D eigenvalue weighted by molar-refractivity contribution is 0.0520. The summed E-state index contributed by atoms with van der Waals surface area (Å²) in [6.07, 6.45) is 1.15. The quantitative estimate of drug-likeness (QED) is 0.636. The fourth-order valence-corrected chi connectivity index (χ4v) is 1.70. The molecule has 1 aromatic heterocycles. The predicted octanol–water partition coefficient (Wildman–Crippen LogP) is 2.90. The Labute approximate surface area is 114 Å². The molecule has 0 N–H and O–H groups in total. The molecule has 0 aliphatic heterocycles. The van der Waals surface area contributed by atoms with Crippen LogP contribution in [0, 0.1) is 0 Å². The van der Waals surface area contributed by atoms with E-state index in [9.17, 15) is 9.59 Å². The Morgan fingerprint density at radius 2 is 2.21 bits per heavy atom. The number of ether oxygens (including phenoxy) is 1. The number of halogens is 1. The molecular weight excluding hydrogens is 270 g/mol. The number of esters is 1. The van der Waals surface area contributed by atoms with Gasteiger partial charge in [0.15, 0.2) is 17.8 Å². The fraction of sp³-hybridized carbons (Fsp3) is 0.154. The first-order chi connectivity index (χ1) is 9.13. The van der Waals surface area contributed by atoms with Gasteiger partial charge in [-0.25, -0.2) is 9.78 Å². The zero-order chi connectivity index (χ0) is 13.8. The number of carbonyl (C=O) groups excluding carboxylic acids is 2. The fourth-order valence-electron chi connectivity index (χ4n) is 1.58. The summed E-state index contributed by atoms with van der Waals surface area (Å²) < 4.78 is 10.1. The third kappa shape index (κ3) is 2.82. The van der Waals surface area contributed by atoms with Gasteiger partial charge in [0.05, 0.1) is 6.61 Å². The molecule has 0 aliphatic carbocycles. The van der Waals surface area contributed by atoms with Crippen LogP contribution < -0.4 is 0 Å². The normalized spacial score (nSPS) is 10.2. The number of nitrogens with zero attached hydrogens (tertiary/aromatic N) is 1. The van der Waals surface area contributed by atoms with Crippen LogP contribution in [0.2, 0.25) is 0 Å². The van der Waals surface area contributed by atoms with Gasteiger partial charge in [-0.05, 0) is 24.6 Å². The zero-order valence-corrected chi connectivity index (χ0v) is 10.8. The second-order valence-electron chi connectivity index (χ2n) is 3.61. The number of rotatable bonds is 4. The second kappa shape index (κ2) is 5.67. The molecule has 19 heavy (non-hydrogen) atoms. The third-order valence-electron chi connectivity index (χ3n) is 2.39. The molecule has 1 aromatic carbocycles. The minimum absolute atomic E-state index is 0.0704. The molecule has 2 rings (SSSR count). The average Bonchev–Trinajstić information content (AvgIpc) is 2.88. The van der Waals surface area contributed by atoms with Crippen LogP contribution in [0.15, 0.2) is 35.1 Å². The number of aromatic nitrogens is 1.